The molecule has 0 heterocycles. The number of rotatable bonds is 5. The van der Waals surface area contributed by atoms with Gasteiger partial charge in [-0.25, -0.2) is 0 Å². The topological polar surface area (TPSA) is 0 Å². The van der Waals surface area contributed by atoms with Gasteiger partial charge in [0.1, 0.15) is 0 Å². The summed E-state index contributed by atoms with van der Waals surface area (Å²) in [4.78, 5) is 0. The standard InChI is InChI=1S/C14H28/c1-5-8-12-10-11(4)13(7-3)14(12)9-6-2/h11-14H,5-10H2,1-4H3. The van der Waals surface area contributed by atoms with Gasteiger partial charge in [0, 0.05) is 0 Å². The van der Waals surface area contributed by atoms with Crippen molar-refractivity contribution in [2.24, 2.45) is 23.7 Å². The molecule has 1 fully saturated rings. The summed E-state index contributed by atoms with van der Waals surface area (Å²) in [6, 6.07) is 0. The van der Waals surface area contributed by atoms with E-state index in [0.717, 1.165) is 23.7 Å². The van der Waals surface area contributed by atoms with Gasteiger partial charge in [-0.2, -0.15) is 0 Å². The van der Waals surface area contributed by atoms with Gasteiger partial charge >= 0.3 is 0 Å². The maximum absolute atomic E-state index is 2.48. The molecule has 4 atom stereocenters. The first-order chi connectivity index (χ1) is 6.74. The molecule has 84 valence electrons. The van der Waals surface area contributed by atoms with Gasteiger partial charge in [0.2, 0.25) is 0 Å². The second-order valence-corrected chi connectivity index (χ2v) is 5.29. The highest BCUT2D eigenvalue weighted by Crippen LogP contribution is 2.47. The molecule has 0 spiro atoms. The van der Waals surface area contributed by atoms with Crippen molar-refractivity contribution in [2.45, 2.75) is 66.2 Å². The predicted molar refractivity (Wildman–Crippen MR) is 64.4 cm³/mol. The minimum Gasteiger partial charge on any atom is -0.0654 e. The molecule has 1 aliphatic rings. The molecule has 0 heteroatoms. The molecule has 0 bridgehead atoms. The Morgan fingerprint density at radius 2 is 1.57 bits per heavy atom. The molecule has 1 aliphatic carbocycles. The van der Waals surface area contributed by atoms with Crippen molar-refractivity contribution in [1.29, 1.82) is 0 Å². The van der Waals surface area contributed by atoms with Crippen LogP contribution < -0.4 is 0 Å². The van der Waals surface area contributed by atoms with Crippen LogP contribution in [0.5, 0.6) is 0 Å². The highest BCUT2D eigenvalue weighted by atomic mass is 14.4. The van der Waals surface area contributed by atoms with Crippen LogP contribution in [0.1, 0.15) is 66.2 Å². The van der Waals surface area contributed by atoms with Crippen molar-refractivity contribution in [3.05, 3.63) is 0 Å². The zero-order valence-electron chi connectivity index (χ0n) is 10.6. The summed E-state index contributed by atoms with van der Waals surface area (Å²) < 4.78 is 0. The average molecular weight is 196 g/mol. The van der Waals surface area contributed by atoms with E-state index < -0.39 is 0 Å². The second kappa shape index (κ2) is 5.78. The summed E-state index contributed by atoms with van der Waals surface area (Å²) in [5, 5.41) is 0. The molecule has 0 N–H and O–H groups in total. The first-order valence-electron chi connectivity index (χ1n) is 6.74. The lowest BCUT2D eigenvalue weighted by Gasteiger charge is -2.24. The summed E-state index contributed by atoms with van der Waals surface area (Å²) in [5.74, 6) is 4.14. The first kappa shape index (κ1) is 12.1. The predicted octanol–water partition coefficient (Wildman–Crippen LogP) is 4.89. The SMILES string of the molecule is CCCC1CC(C)C(CC)C1CCC. The minimum atomic E-state index is 0.994. The molecule has 0 aliphatic heterocycles. The van der Waals surface area contributed by atoms with E-state index >= 15 is 0 Å². The van der Waals surface area contributed by atoms with Gasteiger partial charge in [-0.3, -0.25) is 0 Å². The summed E-state index contributed by atoms with van der Waals surface area (Å²) in [6.07, 6.45) is 8.64. The lowest BCUT2D eigenvalue weighted by molar-refractivity contribution is 0.254. The fourth-order valence-electron chi connectivity index (χ4n) is 3.79. The molecule has 0 aromatic carbocycles. The van der Waals surface area contributed by atoms with Crippen molar-refractivity contribution < 1.29 is 0 Å². The quantitative estimate of drug-likeness (QED) is 0.587. The van der Waals surface area contributed by atoms with Gasteiger partial charge in [-0.15, -0.1) is 0 Å². The lowest BCUT2D eigenvalue weighted by Crippen LogP contribution is -2.16. The van der Waals surface area contributed by atoms with Crippen LogP contribution in [-0.4, -0.2) is 0 Å². The van der Waals surface area contributed by atoms with Crippen molar-refractivity contribution in [3.8, 4) is 0 Å². The monoisotopic (exact) mass is 196 g/mol. The van der Waals surface area contributed by atoms with E-state index in [2.05, 4.69) is 27.7 Å². The minimum absolute atomic E-state index is 0.994. The summed E-state index contributed by atoms with van der Waals surface area (Å²) in [5.41, 5.74) is 0. The molecule has 4 unspecified atom stereocenters. The van der Waals surface area contributed by atoms with Crippen LogP contribution in [0.2, 0.25) is 0 Å². The largest absolute Gasteiger partial charge is 0.0654 e. The van der Waals surface area contributed by atoms with E-state index in [-0.39, 0.29) is 0 Å². The Hall–Kier alpha value is 0. The maximum Gasteiger partial charge on any atom is -0.0355 e. The Kier molecular flexibility index (Phi) is 4.98. The third-order valence-corrected chi connectivity index (χ3v) is 4.31. The maximum atomic E-state index is 2.48. The van der Waals surface area contributed by atoms with E-state index in [1.807, 2.05) is 0 Å². The third-order valence-electron chi connectivity index (χ3n) is 4.31. The van der Waals surface area contributed by atoms with E-state index in [1.54, 1.807) is 0 Å². The van der Waals surface area contributed by atoms with Gasteiger partial charge < -0.3 is 0 Å². The molecule has 0 aromatic rings. The molecule has 1 saturated carbocycles. The van der Waals surface area contributed by atoms with Crippen LogP contribution >= 0.6 is 0 Å². The third kappa shape index (κ3) is 2.52. The zero-order chi connectivity index (χ0) is 10.6. The van der Waals surface area contributed by atoms with Crippen LogP contribution in [0, 0.1) is 23.7 Å². The normalized spacial score (nSPS) is 37.7. The van der Waals surface area contributed by atoms with Crippen LogP contribution in [0.25, 0.3) is 0 Å². The Morgan fingerprint density at radius 3 is 2.07 bits per heavy atom. The Labute approximate surface area is 90.5 Å². The van der Waals surface area contributed by atoms with Gasteiger partial charge in [0.05, 0.1) is 0 Å². The lowest BCUT2D eigenvalue weighted by atomic mass is 9.81. The average Bonchev–Trinajstić information content (AvgIpc) is 2.44. The molecule has 0 radical (unpaired) electrons. The highest BCUT2D eigenvalue weighted by molar-refractivity contribution is 4.87. The van der Waals surface area contributed by atoms with Crippen LogP contribution in [0.3, 0.4) is 0 Å². The highest BCUT2D eigenvalue weighted by Gasteiger charge is 2.38. The van der Waals surface area contributed by atoms with Crippen molar-refractivity contribution in [3.63, 3.8) is 0 Å². The van der Waals surface area contributed by atoms with Crippen molar-refractivity contribution in [1.82, 2.24) is 0 Å². The molecular formula is C14H28. The molecule has 1 rings (SSSR count). The van der Waals surface area contributed by atoms with Crippen LogP contribution in [0.4, 0.5) is 0 Å². The van der Waals surface area contributed by atoms with E-state index in [4.69, 9.17) is 0 Å². The zero-order valence-corrected chi connectivity index (χ0v) is 10.6. The smallest absolute Gasteiger partial charge is 0.0355 e. The first-order valence-corrected chi connectivity index (χ1v) is 6.74. The molecular weight excluding hydrogens is 168 g/mol. The van der Waals surface area contributed by atoms with Gasteiger partial charge in [-0.05, 0) is 30.1 Å². The molecule has 0 nitrogen and oxygen atoms in total. The number of hydrogen-bond donors (Lipinski definition) is 0. The van der Waals surface area contributed by atoms with Crippen molar-refractivity contribution >= 4 is 0 Å². The number of hydrogen-bond acceptors (Lipinski definition) is 0. The second-order valence-electron chi connectivity index (χ2n) is 5.29. The molecule has 0 saturated heterocycles. The van der Waals surface area contributed by atoms with Gasteiger partial charge in [0.25, 0.3) is 0 Å². The van der Waals surface area contributed by atoms with E-state index in [9.17, 15) is 0 Å². The fraction of sp³-hybridized carbons (Fsp3) is 1.00. The van der Waals surface area contributed by atoms with Crippen molar-refractivity contribution in [2.75, 3.05) is 0 Å². The Balaban J connectivity index is 2.58. The van der Waals surface area contributed by atoms with Crippen LogP contribution in [-0.2, 0) is 0 Å². The van der Waals surface area contributed by atoms with E-state index in [1.165, 1.54) is 38.5 Å². The van der Waals surface area contributed by atoms with Gasteiger partial charge in [-0.1, -0.05) is 59.8 Å². The molecule has 0 aromatic heterocycles. The molecule has 14 heavy (non-hydrogen) atoms. The summed E-state index contributed by atoms with van der Waals surface area (Å²) in [6.45, 7) is 9.55. The summed E-state index contributed by atoms with van der Waals surface area (Å²) >= 11 is 0. The summed E-state index contributed by atoms with van der Waals surface area (Å²) in [7, 11) is 0. The fourth-order valence-corrected chi connectivity index (χ4v) is 3.79. The Bertz CT molecular complexity index is 150. The van der Waals surface area contributed by atoms with Gasteiger partial charge in [0.15, 0.2) is 0 Å². The Morgan fingerprint density at radius 1 is 0.929 bits per heavy atom. The van der Waals surface area contributed by atoms with E-state index in [0.29, 0.717) is 0 Å². The molecule has 0 amide bonds. The van der Waals surface area contributed by atoms with Crippen LogP contribution in [0.15, 0.2) is 0 Å².